The number of nitrogens with two attached hydrogens (primary N) is 1. The third-order valence-electron chi connectivity index (χ3n) is 11.0. The van der Waals surface area contributed by atoms with Crippen molar-refractivity contribution in [2.45, 2.75) is 25.4 Å². The molecule has 0 spiro atoms. The maximum absolute atomic E-state index is 6.32. The number of benzene rings is 7. The largest absolute Gasteiger partial charge is 0.484 e. The summed E-state index contributed by atoms with van der Waals surface area (Å²) in [6.07, 6.45) is 7.51. The van der Waals surface area contributed by atoms with Crippen LogP contribution in [0.5, 0.6) is 5.75 Å². The zero-order valence-corrected chi connectivity index (χ0v) is 31.5. The second-order valence-corrected chi connectivity index (χ2v) is 14.6. The molecule has 2 aliphatic rings. The number of hydrogen-bond acceptors (Lipinski definition) is 6. The van der Waals surface area contributed by atoms with E-state index in [9.17, 15) is 0 Å². The van der Waals surface area contributed by atoms with Crippen LogP contribution in [0.4, 0.5) is 17.1 Å². The van der Waals surface area contributed by atoms with Gasteiger partial charge in [0.05, 0.1) is 5.69 Å². The van der Waals surface area contributed by atoms with Crippen LogP contribution in [0.1, 0.15) is 36.5 Å². The van der Waals surface area contributed by atoms with Gasteiger partial charge in [-0.3, -0.25) is 0 Å². The molecule has 0 amide bonds. The highest BCUT2D eigenvalue weighted by molar-refractivity contribution is 5.91. The highest BCUT2D eigenvalue weighted by Gasteiger charge is 2.35. The van der Waals surface area contributed by atoms with Gasteiger partial charge in [-0.2, -0.15) is 0 Å². The number of allylic oxidation sites excluding steroid dienone is 4. The average Bonchev–Trinajstić information content (AvgIpc) is 3.61. The van der Waals surface area contributed by atoms with Crippen molar-refractivity contribution in [2.24, 2.45) is 0 Å². The molecule has 1 aromatic heterocycles. The molecule has 7 aromatic carbocycles. The predicted octanol–water partition coefficient (Wildman–Crippen LogP) is 12.5. The van der Waals surface area contributed by atoms with Crippen LogP contribution in [-0.2, 0) is 0 Å². The smallest absolute Gasteiger partial charge is 0.164 e. The molecule has 1 aliphatic heterocycles. The van der Waals surface area contributed by atoms with E-state index in [0.717, 1.165) is 56.3 Å². The molecule has 0 saturated carbocycles. The highest BCUT2D eigenvalue weighted by atomic mass is 16.5. The van der Waals surface area contributed by atoms with Crippen LogP contribution < -0.4 is 15.4 Å². The van der Waals surface area contributed by atoms with Gasteiger partial charge >= 0.3 is 0 Å². The Morgan fingerprint density at radius 3 is 1.91 bits per heavy atom. The first-order chi connectivity index (χ1) is 28.1. The summed E-state index contributed by atoms with van der Waals surface area (Å²) >= 11 is 0. The van der Waals surface area contributed by atoms with Gasteiger partial charge in [0, 0.05) is 39.7 Å². The Labute approximate surface area is 332 Å². The van der Waals surface area contributed by atoms with Gasteiger partial charge in [-0.15, -0.1) is 0 Å². The first-order valence-corrected chi connectivity index (χ1v) is 19.4. The first-order valence-electron chi connectivity index (χ1n) is 19.4. The number of nitrogens with zero attached hydrogens (tertiary/aromatic N) is 4. The molecular formula is C51H39N5O. The lowest BCUT2D eigenvalue weighted by Crippen LogP contribution is -2.14. The predicted molar refractivity (Wildman–Crippen MR) is 232 cm³/mol. The molecular weight excluding hydrogens is 699 g/mol. The van der Waals surface area contributed by atoms with Gasteiger partial charge in [0.2, 0.25) is 0 Å². The van der Waals surface area contributed by atoms with Crippen LogP contribution in [-0.4, -0.2) is 15.0 Å². The van der Waals surface area contributed by atoms with Gasteiger partial charge in [-0.25, -0.2) is 15.0 Å². The Morgan fingerprint density at radius 2 is 1.21 bits per heavy atom. The molecule has 8 aromatic rings. The van der Waals surface area contributed by atoms with Gasteiger partial charge in [0.1, 0.15) is 11.9 Å². The Hall–Kier alpha value is -7.31. The molecule has 0 radical (unpaired) electrons. The maximum atomic E-state index is 6.32. The van der Waals surface area contributed by atoms with Crippen molar-refractivity contribution in [1.29, 1.82) is 0 Å². The van der Waals surface area contributed by atoms with E-state index in [4.69, 9.17) is 25.4 Å². The fraction of sp³-hybridized carbons (Fsp3) is 0.0784. The van der Waals surface area contributed by atoms with Crippen molar-refractivity contribution >= 4 is 27.8 Å². The molecule has 1 aliphatic carbocycles. The number of rotatable bonds is 8. The SMILES string of the molecule is CC(Oc1ccccc1N)c1ccc2c(c1)C1CC=CC=C1N2c1ccc(-c2ccc3ccc(-c4nc(-c5ccccc5)nc(-c5ccccc5)n4)cc3c2)cc1. The van der Waals surface area contributed by atoms with Gasteiger partial charge in [-0.05, 0) is 101 Å². The normalized spacial score (nSPS) is 14.9. The molecule has 57 heavy (non-hydrogen) atoms. The highest BCUT2D eigenvalue weighted by Crippen LogP contribution is 2.51. The third-order valence-corrected chi connectivity index (χ3v) is 11.0. The molecule has 0 saturated heterocycles. The zero-order valence-electron chi connectivity index (χ0n) is 31.5. The minimum Gasteiger partial charge on any atom is -0.484 e. The summed E-state index contributed by atoms with van der Waals surface area (Å²) in [6, 6.07) is 56.6. The topological polar surface area (TPSA) is 77.2 Å². The lowest BCUT2D eigenvalue weighted by Gasteiger charge is -2.24. The van der Waals surface area contributed by atoms with Crippen LogP contribution in [0.2, 0.25) is 0 Å². The van der Waals surface area contributed by atoms with Gasteiger partial charge < -0.3 is 15.4 Å². The molecule has 0 fully saturated rings. The summed E-state index contributed by atoms with van der Waals surface area (Å²) < 4.78 is 6.32. The van der Waals surface area contributed by atoms with E-state index in [1.54, 1.807) is 0 Å². The quantitative estimate of drug-likeness (QED) is 0.156. The Morgan fingerprint density at radius 1 is 0.596 bits per heavy atom. The fourth-order valence-electron chi connectivity index (χ4n) is 8.02. The number of nitrogen functional groups attached to an aromatic ring is 1. The molecule has 0 bridgehead atoms. The summed E-state index contributed by atoms with van der Waals surface area (Å²) in [6.45, 7) is 2.08. The van der Waals surface area contributed by atoms with Crippen LogP contribution in [0, 0.1) is 0 Å². The molecule has 6 heteroatoms. The molecule has 2 heterocycles. The van der Waals surface area contributed by atoms with Crippen molar-refractivity contribution in [1.82, 2.24) is 15.0 Å². The van der Waals surface area contributed by atoms with Crippen molar-refractivity contribution in [3.05, 3.63) is 199 Å². The monoisotopic (exact) mass is 737 g/mol. The van der Waals surface area contributed by atoms with Gasteiger partial charge in [0.25, 0.3) is 0 Å². The summed E-state index contributed by atoms with van der Waals surface area (Å²) in [5.74, 6) is 2.93. The Balaban J connectivity index is 0.959. The van der Waals surface area contributed by atoms with Crippen molar-refractivity contribution in [3.63, 3.8) is 0 Å². The average molecular weight is 738 g/mol. The summed E-state index contributed by atoms with van der Waals surface area (Å²) in [5, 5.41) is 2.28. The molecule has 6 nitrogen and oxygen atoms in total. The fourth-order valence-corrected chi connectivity index (χ4v) is 8.02. The standard InChI is InChI=1S/C51H39N5O/c1-33(57-48-19-11-9-17-45(48)52)38-26-29-47-44(32-38)43-16-8-10-18-46(43)56(47)42-27-24-34(25-28-42)39-22-20-35-21-23-40(31-41(35)30-39)51-54-49(36-12-4-2-5-13-36)53-50(55-51)37-14-6-3-7-15-37/h2-15,17-33,43H,16,52H2,1H3. The van der Waals surface area contributed by atoms with E-state index < -0.39 is 0 Å². The second kappa shape index (κ2) is 14.4. The maximum Gasteiger partial charge on any atom is 0.164 e. The lowest BCUT2D eigenvalue weighted by atomic mass is 9.90. The third kappa shape index (κ3) is 6.51. The number of para-hydroxylation sites is 2. The van der Waals surface area contributed by atoms with E-state index >= 15 is 0 Å². The second-order valence-electron chi connectivity index (χ2n) is 14.6. The molecule has 2 N–H and O–H groups in total. The van der Waals surface area contributed by atoms with Crippen molar-refractivity contribution < 1.29 is 4.74 Å². The van der Waals surface area contributed by atoms with Crippen LogP contribution in [0.15, 0.2) is 188 Å². The van der Waals surface area contributed by atoms with E-state index in [0.29, 0.717) is 28.9 Å². The van der Waals surface area contributed by atoms with Crippen molar-refractivity contribution in [3.8, 4) is 51.0 Å². The molecule has 2 atom stereocenters. The number of anilines is 3. The Kier molecular flexibility index (Phi) is 8.64. The summed E-state index contributed by atoms with van der Waals surface area (Å²) in [5.41, 5.74) is 18.1. The summed E-state index contributed by atoms with van der Waals surface area (Å²) in [7, 11) is 0. The Bertz CT molecular complexity index is 2770. The van der Waals surface area contributed by atoms with E-state index in [1.807, 2.05) is 84.9 Å². The van der Waals surface area contributed by atoms with Gasteiger partial charge in [-0.1, -0.05) is 127 Å². The molecule has 10 rings (SSSR count). The van der Waals surface area contributed by atoms with Crippen molar-refractivity contribution in [2.75, 3.05) is 10.6 Å². The van der Waals surface area contributed by atoms with E-state index in [2.05, 4.69) is 109 Å². The van der Waals surface area contributed by atoms with E-state index in [1.165, 1.54) is 16.9 Å². The number of hydrogen-bond donors (Lipinski definition) is 1. The number of fused-ring (bicyclic) bond motifs is 4. The summed E-state index contributed by atoms with van der Waals surface area (Å²) in [4.78, 5) is 17.2. The molecule has 2 unspecified atom stereocenters. The van der Waals surface area contributed by atoms with E-state index in [-0.39, 0.29) is 12.0 Å². The molecule has 274 valence electrons. The lowest BCUT2D eigenvalue weighted by molar-refractivity contribution is 0.228. The number of aromatic nitrogens is 3. The van der Waals surface area contributed by atoms with Crippen LogP contribution in [0.3, 0.4) is 0 Å². The van der Waals surface area contributed by atoms with Crippen LogP contribution >= 0.6 is 0 Å². The minimum atomic E-state index is -0.145. The minimum absolute atomic E-state index is 0.145. The van der Waals surface area contributed by atoms with Gasteiger partial charge in [0.15, 0.2) is 17.5 Å². The number of ether oxygens (including phenoxy) is 1. The van der Waals surface area contributed by atoms with Crippen LogP contribution in [0.25, 0.3) is 56.1 Å². The zero-order chi connectivity index (χ0) is 38.3. The first kappa shape index (κ1) is 34.2.